The molecule has 4 rings (SSSR count). The lowest BCUT2D eigenvalue weighted by molar-refractivity contribution is 0.000529. The molecule has 0 aromatic carbocycles. The molecule has 132 valence electrons. The number of nitrogens with zero attached hydrogens (tertiary/aromatic N) is 5. The van der Waals surface area contributed by atoms with E-state index in [0.717, 1.165) is 25.2 Å². The van der Waals surface area contributed by atoms with E-state index in [2.05, 4.69) is 20.3 Å². The Kier molecular flexibility index (Phi) is 4.08. The van der Waals surface area contributed by atoms with Crippen LogP contribution in [0, 0.1) is 5.82 Å². The fraction of sp³-hybridized carbons (Fsp3) is 0.500. The van der Waals surface area contributed by atoms with Crippen molar-refractivity contribution < 1.29 is 13.9 Å². The average Bonchev–Trinajstić information content (AvgIpc) is 3.20. The van der Waals surface area contributed by atoms with Crippen molar-refractivity contribution in [2.45, 2.75) is 31.0 Å². The smallest absolute Gasteiger partial charge is 0.287 e. The van der Waals surface area contributed by atoms with Crippen LogP contribution < -0.4 is 10.2 Å². The van der Waals surface area contributed by atoms with E-state index in [9.17, 15) is 9.18 Å². The molecule has 1 amide bonds. The van der Waals surface area contributed by atoms with E-state index in [1.54, 1.807) is 24.0 Å². The number of aryl methyl sites for hydroxylation is 1. The lowest BCUT2D eigenvalue weighted by Crippen LogP contribution is -2.48. The number of aromatic nitrogens is 4. The molecular weight excluding hydrogens is 327 g/mol. The van der Waals surface area contributed by atoms with Gasteiger partial charge in [-0.2, -0.15) is 0 Å². The van der Waals surface area contributed by atoms with Crippen molar-refractivity contribution in [2.75, 3.05) is 18.1 Å². The standard InChI is InChI=1S/C16H19FN6O2/c1-22-5-4-18-14(22)15(24)21-11-9-23(12-3-2-6-25-13(11)12)16-19-7-10(17)8-20-16/h4-5,7-8,11-13H,2-3,6,9H2,1H3,(H,21,24)/t11-,12+,13+/m1/s1. The van der Waals surface area contributed by atoms with Crippen LogP contribution in [0.15, 0.2) is 24.8 Å². The van der Waals surface area contributed by atoms with Crippen LogP contribution in [0.25, 0.3) is 0 Å². The zero-order valence-corrected chi connectivity index (χ0v) is 13.8. The van der Waals surface area contributed by atoms with Gasteiger partial charge in [0.2, 0.25) is 5.95 Å². The number of fused-ring (bicyclic) bond motifs is 1. The first-order valence-corrected chi connectivity index (χ1v) is 8.27. The summed E-state index contributed by atoms with van der Waals surface area (Å²) in [6, 6.07) is -0.144. The molecule has 25 heavy (non-hydrogen) atoms. The molecule has 0 radical (unpaired) electrons. The molecule has 0 bridgehead atoms. The van der Waals surface area contributed by atoms with E-state index >= 15 is 0 Å². The minimum atomic E-state index is -0.473. The molecule has 1 N–H and O–H groups in total. The van der Waals surface area contributed by atoms with Crippen molar-refractivity contribution in [1.29, 1.82) is 0 Å². The zero-order chi connectivity index (χ0) is 17.4. The van der Waals surface area contributed by atoms with Crippen molar-refractivity contribution in [2.24, 2.45) is 7.05 Å². The van der Waals surface area contributed by atoms with Gasteiger partial charge in [0.15, 0.2) is 11.6 Å². The number of halogens is 1. The molecule has 0 unspecified atom stereocenters. The van der Waals surface area contributed by atoms with Crippen molar-refractivity contribution in [3.05, 3.63) is 36.4 Å². The Morgan fingerprint density at radius 1 is 1.36 bits per heavy atom. The van der Waals surface area contributed by atoms with E-state index in [1.807, 2.05) is 4.90 Å². The number of hydrogen-bond donors (Lipinski definition) is 1. The molecule has 0 aliphatic carbocycles. The van der Waals surface area contributed by atoms with Crippen LogP contribution in [0.1, 0.15) is 23.5 Å². The maximum absolute atomic E-state index is 13.1. The highest BCUT2D eigenvalue weighted by molar-refractivity contribution is 5.91. The number of imidazole rings is 1. The molecule has 4 heterocycles. The summed E-state index contributed by atoms with van der Waals surface area (Å²) in [6.45, 7) is 1.17. The number of hydrogen-bond acceptors (Lipinski definition) is 6. The molecule has 8 nitrogen and oxygen atoms in total. The largest absolute Gasteiger partial charge is 0.374 e. The van der Waals surface area contributed by atoms with Crippen LogP contribution in [-0.4, -0.2) is 56.8 Å². The molecule has 2 fully saturated rings. The number of carbonyl (C=O) groups excluding carboxylic acids is 1. The van der Waals surface area contributed by atoms with Gasteiger partial charge < -0.3 is 19.5 Å². The number of carbonyl (C=O) groups is 1. The summed E-state index contributed by atoms with van der Waals surface area (Å²) in [5.74, 6) is 0.0887. The van der Waals surface area contributed by atoms with Gasteiger partial charge >= 0.3 is 0 Å². The summed E-state index contributed by atoms with van der Waals surface area (Å²) in [5.41, 5.74) is 0. The quantitative estimate of drug-likeness (QED) is 0.872. The molecule has 3 atom stereocenters. The molecule has 2 saturated heterocycles. The molecule has 0 spiro atoms. The SMILES string of the molecule is Cn1ccnc1C(=O)N[C@@H]1CN(c2ncc(F)cn2)[C@H]2CCCO[C@@H]12. The van der Waals surface area contributed by atoms with Crippen molar-refractivity contribution in [3.8, 4) is 0 Å². The first-order valence-electron chi connectivity index (χ1n) is 8.27. The predicted molar refractivity (Wildman–Crippen MR) is 86.6 cm³/mol. The van der Waals surface area contributed by atoms with Gasteiger partial charge in [0.1, 0.15) is 0 Å². The minimum Gasteiger partial charge on any atom is -0.374 e. The molecule has 9 heteroatoms. The van der Waals surface area contributed by atoms with Crippen LogP contribution in [0.2, 0.25) is 0 Å². The lowest BCUT2D eigenvalue weighted by Gasteiger charge is -2.32. The van der Waals surface area contributed by atoms with Crippen LogP contribution in [0.3, 0.4) is 0 Å². The molecule has 2 aliphatic heterocycles. The van der Waals surface area contributed by atoms with Gasteiger partial charge in [-0.1, -0.05) is 0 Å². The van der Waals surface area contributed by atoms with E-state index in [0.29, 0.717) is 24.9 Å². The van der Waals surface area contributed by atoms with Crippen molar-refractivity contribution >= 4 is 11.9 Å². The van der Waals surface area contributed by atoms with Crippen molar-refractivity contribution in [1.82, 2.24) is 24.8 Å². The highest BCUT2D eigenvalue weighted by Crippen LogP contribution is 2.31. The summed E-state index contributed by atoms with van der Waals surface area (Å²) in [4.78, 5) is 26.7. The molecule has 2 aromatic rings. The Labute approximate surface area is 144 Å². The molecular formula is C16H19FN6O2. The van der Waals surface area contributed by atoms with Gasteiger partial charge in [-0.05, 0) is 12.8 Å². The zero-order valence-electron chi connectivity index (χ0n) is 13.8. The van der Waals surface area contributed by atoms with Crippen molar-refractivity contribution in [3.63, 3.8) is 0 Å². The number of rotatable bonds is 3. The topological polar surface area (TPSA) is 85.2 Å². The second-order valence-electron chi connectivity index (χ2n) is 6.34. The van der Waals surface area contributed by atoms with E-state index in [-0.39, 0.29) is 24.1 Å². The average molecular weight is 346 g/mol. The third-order valence-electron chi connectivity index (χ3n) is 4.73. The van der Waals surface area contributed by atoms with Gasteiger partial charge in [0.25, 0.3) is 5.91 Å². The first kappa shape index (κ1) is 15.9. The number of ether oxygens (including phenoxy) is 1. The number of anilines is 1. The van der Waals surface area contributed by atoms with Gasteiger partial charge in [0.05, 0.1) is 30.6 Å². The maximum atomic E-state index is 13.1. The summed E-state index contributed by atoms with van der Waals surface area (Å²) in [7, 11) is 1.77. The Morgan fingerprint density at radius 3 is 2.88 bits per heavy atom. The fourth-order valence-electron chi connectivity index (χ4n) is 3.58. The molecule has 2 aliphatic rings. The lowest BCUT2D eigenvalue weighted by atomic mass is 10.0. The second kappa shape index (κ2) is 6.40. The fourth-order valence-corrected chi connectivity index (χ4v) is 3.58. The van der Waals surface area contributed by atoms with Gasteiger partial charge in [-0.3, -0.25) is 4.79 Å². The highest BCUT2D eigenvalue weighted by atomic mass is 19.1. The summed E-state index contributed by atoms with van der Waals surface area (Å²) < 4.78 is 20.7. The van der Waals surface area contributed by atoms with Crippen LogP contribution in [0.4, 0.5) is 10.3 Å². The van der Waals surface area contributed by atoms with Crippen LogP contribution >= 0.6 is 0 Å². The van der Waals surface area contributed by atoms with Gasteiger partial charge in [-0.25, -0.2) is 19.3 Å². The molecule has 2 aromatic heterocycles. The maximum Gasteiger partial charge on any atom is 0.287 e. The van der Waals surface area contributed by atoms with Crippen LogP contribution in [-0.2, 0) is 11.8 Å². The number of amides is 1. The highest BCUT2D eigenvalue weighted by Gasteiger charge is 2.46. The predicted octanol–water partition coefficient (Wildman–Crippen LogP) is 0.515. The summed E-state index contributed by atoms with van der Waals surface area (Å²) in [6.07, 6.45) is 7.32. The first-order chi connectivity index (χ1) is 12.1. The Bertz CT molecular complexity index is 764. The third-order valence-corrected chi connectivity index (χ3v) is 4.73. The Hall–Kier alpha value is -2.55. The van der Waals surface area contributed by atoms with E-state index in [4.69, 9.17) is 4.74 Å². The van der Waals surface area contributed by atoms with E-state index < -0.39 is 5.82 Å². The van der Waals surface area contributed by atoms with Crippen LogP contribution in [0.5, 0.6) is 0 Å². The second-order valence-corrected chi connectivity index (χ2v) is 6.34. The Balaban J connectivity index is 1.55. The third kappa shape index (κ3) is 2.95. The summed E-state index contributed by atoms with van der Waals surface area (Å²) >= 11 is 0. The monoisotopic (exact) mass is 346 g/mol. The number of nitrogens with one attached hydrogen (secondary N) is 1. The van der Waals surface area contributed by atoms with Gasteiger partial charge in [-0.15, -0.1) is 0 Å². The molecule has 0 saturated carbocycles. The van der Waals surface area contributed by atoms with E-state index in [1.165, 1.54) is 0 Å². The summed E-state index contributed by atoms with van der Waals surface area (Å²) in [5, 5.41) is 3.01. The minimum absolute atomic E-state index is 0.0610. The Morgan fingerprint density at radius 2 is 2.16 bits per heavy atom. The van der Waals surface area contributed by atoms with Gasteiger partial charge in [0, 0.05) is 32.6 Å². The normalized spacial score (nSPS) is 25.7.